The fourth-order valence-corrected chi connectivity index (χ4v) is 4.02. The van der Waals surface area contributed by atoms with Crippen LogP contribution in [-0.2, 0) is 6.42 Å². The van der Waals surface area contributed by atoms with E-state index in [4.69, 9.17) is 0 Å². The van der Waals surface area contributed by atoms with E-state index in [2.05, 4.69) is 24.3 Å². The molecule has 0 aliphatic carbocycles. The number of amides is 1. The van der Waals surface area contributed by atoms with Crippen molar-refractivity contribution < 1.29 is 9.59 Å². The second-order valence-electron chi connectivity index (χ2n) is 7.40. The van der Waals surface area contributed by atoms with Gasteiger partial charge in [-0.2, -0.15) is 0 Å². The van der Waals surface area contributed by atoms with Crippen molar-refractivity contribution in [2.45, 2.75) is 26.2 Å². The third kappa shape index (κ3) is 3.65. The maximum Gasteiger partial charge on any atom is 0.253 e. The zero-order valence-corrected chi connectivity index (χ0v) is 15.6. The van der Waals surface area contributed by atoms with E-state index in [-0.39, 0.29) is 11.8 Å². The van der Waals surface area contributed by atoms with E-state index in [9.17, 15) is 9.59 Å². The molecule has 27 heavy (non-hydrogen) atoms. The number of fused-ring (bicyclic) bond motifs is 1. The van der Waals surface area contributed by atoms with Crippen LogP contribution in [0.2, 0.25) is 0 Å². The van der Waals surface area contributed by atoms with Gasteiger partial charge in [0.25, 0.3) is 5.91 Å². The predicted molar refractivity (Wildman–Crippen MR) is 107 cm³/mol. The minimum absolute atomic E-state index is 0.0236. The average Bonchev–Trinajstić information content (AvgIpc) is 3.12. The first-order valence-corrected chi connectivity index (χ1v) is 9.57. The van der Waals surface area contributed by atoms with Gasteiger partial charge in [0.05, 0.1) is 5.52 Å². The summed E-state index contributed by atoms with van der Waals surface area (Å²) in [6.45, 7) is 3.16. The van der Waals surface area contributed by atoms with E-state index in [0.29, 0.717) is 11.5 Å². The van der Waals surface area contributed by atoms with Crippen LogP contribution in [0, 0.1) is 5.92 Å². The van der Waals surface area contributed by atoms with Crippen molar-refractivity contribution in [3.05, 3.63) is 71.9 Å². The molecule has 4 heteroatoms. The number of nitrogens with zero attached hydrogens (tertiary/aromatic N) is 2. The molecule has 3 aromatic rings. The first-order chi connectivity index (χ1) is 13.1. The van der Waals surface area contributed by atoms with Crippen LogP contribution in [0.4, 0.5) is 0 Å². The lowest BCUT2D eigenvalue weighted by Gasteiger charge is -2.32. The monoisotopic (exact) mass is 360 g/mol. The van der Waals surface area contributed by atoms with Crippen LogP contribution >= 0.6 is 0 Å². The third-order valence-corrected chi connectivity index (χ3v) is 5.55. The number of benzene rings is 2. The Balaban J connectivity index is 1.42. The zero-order chi connectivity index (χ0) is 18.8. The molecule has 2 aromatic carbocycles. The topological polar surface area (TPSA) is 42.3 Å². The van der Waals surface area contributed by atoms with Crippen molar-refractivity contribution in [2.24, 2.45) is 5.92 Å². The summed E-state index contributed by atoms with van der Waals surface area (Å²) in [4.78, 5) is 26.5. The van der Waals surface area contributed by atoms with Crippen LogP contribution in [0.5, 0.6) is 0 Å². The van der Waals surface area contributed by atoms with Crippen molar-refractivity contribution in [1.82, 2.24) is 9.47 Å². The van der Waals surface area contributed by atoms with Crippen LogP contribution in [0.3, 0.4) is 0 Å². The molecule has 0 unspecified atom stereocenters. The quantitative estimate of drug-likeness (QED) is 0.695. The Kier molecular flexibility index (Phi) is 4.80. The average molecular weight is 360 g/mol. The lowest BCUT2D eigenvalue weighted by atomic mass is 9.90. The highest BCUT2D eigenvalue weighted by Gasteiger charge is 2.24. The van der Waals surface area contributed by atoms with Gasteiger partial charge in [-0.15, -0.1) is 0 Å². The van der Waals surface area contributed by atoms with E-state index in [1.165, 1.54) is 12.5 Å². The van der Waals surface area contributed by atoms with Crippen LogP contribution in [0.15, 0.2) is 60.8 Å². The molecule has 4 rings (SSSR count). The lowest BCUT2D eigenvalue weighted by molar-refractivity contribution is 0.0690. The standard InChI is InChI=1S/C23H24N2O2/c1-17(26)25-14-11-20-16-21(7-8-22(20)25)23(27)24-12-9-19(10-13-24)15-18-5-3-2-4-6-18/h2-8,11,14,16,19H,9-10,12-13,15H2,1H3. The summed E-state index contributed by atoms with van der Waals surface area (Å²) in [5.41, 5.74) is 2.92. The second kappa shape index (κ2) is 7.39. The van der Waals surface area contributed by atoms with Gasteiger partial charge in [0, 0.05) is 37.2 Å². The molecule has 2 heterocycles. The number of hydrogen-bond donors (Lipinski definition) is 0. The molecular formula is C23H24N2O2. The highest BCUT2D eigenvalue weighted by atomic mass is 16.2. The smallest absolute Gasteiger partial charge is 0.253 e. The highest BCUT2D eigenvalue weighted by molar-refractivity contribution is 6.00. The first-order valence-electron chi connectivity index (χ1n) is 9.57. The van der Waals surface area contributed by atoms with Crippen LogP contribution in [0.25, 0.3) is 10.9 Å². The van der Waals surface area contributed by atoms with Gasteiger partial charge in [-0.1, -0.05) is 30.3 Å². The zero-order valence-electron chi connectivity index (χ0n) is 15.6. The van der Waals surface area contributed by atoms with Crippen molar-refractivity contribution >= 4 is 22.7 Å². The molecule has 1 fully saturated rings. The van der Waals surface area contributed by atoms with E-state index < -0.39 is 0 Å². The van der Waals surface area contributed by atoms with Gasteiger partial charge in [0.1, 0.15) is 0 Å². The molecule has 0 bridgehead atoms. The summed E-state index contributed by atoms with van der Waals surface area (Å²) in [5, 5.41) is 0.926. The van der Waals surface area contributed by atoms with Crippen molar-refractivity contribution in [2.75, 3.05) is 13.1 Å². The maximum absolute atomic E-state index is 12.9. The summed E-state index contributed by atoms with van der Waals surface area (Å²) in [7, 11) is 0. The Labute approximate surface area is 159 Å². The molecule has 0 radical (unpaired) electrons. The van der Waals surface area contributed by atoms with Gasteiger partial charge in [-0.3, -0.25) is 14.2 Å². The molecule has 0 N–H and O–H groups in total. The van der Waals surface area contributed by atoms with Gasteiger partial charge in [-0.05, 0) is 55.0 Å². The molecule has 1 aliphatic rings. The summed E-state index contributed by atoms with van der Waals surface area (Å²) in [6.07, 6.45) is 4.94. The Bertz CT molecular complexity index is 966. The van der Waals surface area contributed by atoms with Gasteiger partial charge >= 0.3 is 0 Å². The number of aromatic nitrogens is 1. The number of hydrogen-bond acceptors (Lipinski definition) is 2. The number of likely N-dealkylation sites (tertiary alicyclic amines) is 1. The summed E-state index contributed by atoms with van der Waals surface area (Å²) < 4.78 is 1.61. The van der Waals surface area contributed by atoms with E-state index >= 15 is 0 Å². The molecule has 0 saturated carbocycles. The number of carbonyl (C=O) groups excluding carboxylic acids is 2. The van der Waals surface area contributed by atoms with Crippen LogP contribution < -0.4 is 0 Å². The van der Waals surface area contributed by atoms with Gasteiger partial charge in [0.15, 0.2) is 0 Å². The predicted octanol–water partition coefficient (Wildman–Crippen LogP) is 4.40. The molecule has 0 atom stereocenters. The molecule has 1 amide bonds. The normalized spacial score (nSPS) is 15.2. The van der Waals surface area contributed by atoms with Gasteiger partial charge < -0.3 is 4.90 Å². The Hall–Kier alpha value is -2.88. The van der Waals surface area contributed by atoms with Gasteiger partial charge in [-0.25, -0.2) is 0 Å². The largest absolute Gasteiger partial charge is 0.339 e. The van der Waals surface area contributed by atoms with Crippen LogP contribution in [0.1, 0.15) is 40.5 Å². The van der Waals surface area contributed by atoms with E-state index in [1.807, 2.05) is 35.2 Å². The second-order valence-corrected chi connectivity index (χ2v) is 7.40. The minimum atomic E-state index is -0.0236. The minimum Gasteiger partial charge on any atom is -0.339 e. The Morgan fingerprint density at radius 1 is 1.00 bits per heavy atom. The SMILES string of the molecule is CC(=O)n1ccc2cc(C(=O)N3CCC(Cc4ccccc4)CC3)ccc21. The summed E-state index contributed by atoms with van der Waals surface area (Å²) in [6, 6.07) is 18.1. The molecule has 1 saturated heterocycles. The molecule has 4 nitrogen and oxygen atoms in total. The van der Waals surface area contributed by atoms with E-state index in [1.54, 1.807) is 10.8 Å². The Morgan fingerprint density at radius 2 is 1.74 bits per heavy atom. The van der Waals surface area contributed by atoms with Crippen molar-refractivity contribution in [3.63, 3.8) is 0 Å². The molecule has 138 valence electrons. The van der Waals surface area contributed by atoms with Crippen molar-refractivity contribution in [1.29, 1.82) is 0 Å². The summed E-state index contributed by atoms with van der Waals surface area (Å²) in [5.74, 6) is 0.707. The van der Waals surface area contributed by atoms with Crippen LogP contribution in [-0.4, -0.2) is 34.4 Å². The van der Waals surface area contributed by atoms with E-state index in [0.717, 1.165) is 43.3 Å². The maximum atomic E-state index is 12.9. The Morgan fingerprint density at radius 3 is 2.44 bits per heavy atom. The molecule has 1 aliphatic heterocycles. The molecular weight excluding hydrogens is 336 g/mol. The lowest BCUT2D eigenvalue weighted by Crippen LogP contribution is -2.38. The number of piperidine rings is 1. The third-order valence-electron chi connectivity index (χ3n) is 5.55. The molecule has 0 spiro atoms. The summed E-state index contributed by atoms with van der Waals surface area (Å²) >= 11 is 0. The van der Waals surface area contributed by atoms with Gasteiger partial charge in [0.2, 0.25) is 5.91 Å². The number of carbonyl (C=O) groups is 2. The fourth-order valence-electron chi connectivity index (χ4n) is 4.02. The first kappa shape index (κ1) is 17.5. The molecule has 1 aromatic heterocycles. The highest BCUT2D eigenvalue weighted by Crippen LogP contribution is 2.24. The number of rotatable bonds is 3. The van der Waals surface area contributed by atoms with Crippen molar-refractivity contribution in [3.8, 4) is 0 Å². The fraction of sp³-hybridized carbons (Fsp3) is 0.304.